The average molecular weight is 1030 g/mol. The van der Waals surface area contributed by atoms with Gasteiger partial charge in [-0.05, 0) is 51.4 Å². The van der Waals surface area contributed by atoms with Gasteiger partial charge < -0.3 is 20.3 Å². The van der Waals surface area contributed by atoms with Gasteiger partial charge in [-0.3, -0.25) is 9.59 Å². The number of unbranched alkanes of at least 4 members (excludes halogenated alkanes) is 50. The maximum Gasteiger partial charge on any atom is 0.305 e. The number of hydrogen-bond donors (Lipinski definition) is 3. The maximum absolute atomic E-state index is 12.5. The fourth-order valence-corrected chi connectivity index (χ4v) is 10.7. The summed E-state index contributed by atoms with van der Waals surface area (Å²) in [6, 6.07) is -0.537. The first-order valence-corrected chi connectivity index (χ1v) is 33.4. The van der Waals surface area contributed by atoms with E-state index in [0.29, 0.717) is 25.9 Å². The number of hydrogen-bond acceptors (Lipinski definition) is 5. The van der Waals surface area contributed by atoms with Gasteiger partial charge in [0.1, 0.15) is 0 Å². The zero-order chi connectivity index (χ0) is 52.9. The summed E-state index contributed by atoms with van der Waals surface area (Å²) < 4.78 is 5.47. The number of carbonyl (C=O) groups excluding carboxylic acids is 2. The molecule has 0 aromatic carbocycles. The molecule has 0 aromatic heterocycles. The van der Waals surface area contributed by atoms with Crippen LogP contribution in [0, 0.1) is 0 Å². The van der Waals surface area contributed by atoms with Gasteiger partial charge in [0.2, 0.25) is 5.91 Å². The highest BCUT2D eigenvalue weighted by Crippen LogP contribution is 2.19. The second-order valence-corrected chi connectivity index (χ2v) is 23.2. The second kappa shape index (κ2) is 63.1. The molecule has 0 aromatic rings. The molecule has 2 atom stereocenters. The van der Waals surface area contributed by atoms with Crippen molar-refractivity contribution in [2.75, 3.05) is 13.2 Å². The Morgan fingerprint density at radius 3 is 0.973 bits per heavy atom. The number of rotatable bonds is 63. The van der Waals surface area contributed by atoms with Gasteiger partial charge >= 0.3 is 5.97 Å². The Bertz CT molecular complexity index is 1100. The number of aliphatic hydroxyl groups excluding tert-OH is 2. The van der Waals surface area contributed by atoms with Gasteiger partial charge in [0, 0.05) is 12.8 Å². The maximum atomic E-state index is 12.5. The van der Waals surface area contributed by atoms with Crippen LogP contribution in [0.1, 0.15) is 380 Å². The predicted molar refractivity (Wildman–Crippen MR) is 320 cm³/mol. The van der Waals surface area contributed by atoms with E-state index in [1.165, 1.54) is 308 Å². The van der Waals surface area contributed by atoms with Crippen molar-refractivity contribution in [3.05, 3.63) is 12.2 Å². The molecule has 0 aliphatic carbocycles. The number of aliphatic hydroxyl groups is 2. The Hall–Kier alpha value is -1.40. The van der Waals surface area contributed by atoms with Gasteiger partial charge in [0.15, 0.2) is 0 Å². The van der Waals surface area contributed by atoms with Crippen molar-refractivity contribution in [1.82, 2.24) is 5.32 Å². The number of carbonyl (C=O) groups is 2. The number of ether oxygens (including phenoxy) is 1. The molecule has 0 aliphatic heterocycles. The van der Waals surface area contributed by atoms with Gasteiger partial charge in [-0.2, -0.15) is 0 Å². The Labute approximate surface area is 457 Å². The molecule has 0 heterocycles. The van der Waals surface area contributed by atoms with Crippen molar-refractivity contribution in [2.24, 2.45) is 0 Å². The molecule has 2 unspecified atom stereocenters. The molecule has 0 aliphatic rings. The molecule has 6 heteroatoms. The van der Waals surface area contributed by atoms with Crippen molar-refractivity contribution < 1.29 is 24.5 Å². The number of nitrogens with one attached hydrogen (secondary N) is 1. The molecule has 0 spiro atoms. The molecule has 3 N–H and O–H groups in total. The summed E-state index contributed by atoms with van der Waals surface area (Å²) in [6.45, 7) is 4.97. The van der Waals surface area contributed by atoms with Crippen LogP contribution in [-0.2, 0) is 14.3 Å². The van der Waals surface area contributed by atoms with Gasteiger partial charge in [0.05, 0.1) is 25.4 Å². The lowest BCUT2D eigenvalue weighted by molar-refractivity contribution is -0.143. The summed E-state index contributed by atoms with van der Waals surface area (Å²) in [4.78, 5) is 24.5. The van der Waals surface area contributed by atoms with Crippen LogP contribution in [-0.4, -0.2) is 47.4 Å². The van der Waals surface area contributed by atoms with E-state index in [-0.39, 0.29) is 18.5 Å². The van der Waals surface area contributed by atoms with Gasteiger partial charge in [-0.25, -0.2) is 0 Å². The summed E-state index contributed by atoms with van der Waals surface area (Å²) in [5.41, 5.74) is 0. The lowest BCUT2D eigenvalue weighted by atomic mass is 10.0. The predicted octanol–water partition coefficient (Wildman–Crippen LogP) is 21.2. The van der Waals surface area contributed by atoms with E-state index >= 15 is 0 Å². The first kappa shape index (κ1) is 71.6. The Kier molecular flexibility index (Phi) is 61.9. The van der Waals surface area contributed by atoms with Crippen molar-refractivity contribution in [3.8, 4) is 0 Å². The van der Waals surface area contributed by atoms with Crippen molar-refractivity contribution >= 4 is 11.9 Å². The third-order valence-electron chi connectivity index (χ3n) is 15.8. The van der Waals surface area contributed by atoms with Crippen LogP contribution in [0.5, 0.6) is 0 Å². The third kappa shape index (κ3) is 59.7. The number of allylic oxidation sites excluding steroid dienone is 2. The van der Waals surface area contributed by atoms with E-state index in [9.17, 15) is 19.8 Å². The molecule has 0 bridgehead atoms. The summed E-state index contributed by atoms with van der Waals surface area (Å²) in [5, 5.41) is 23.2. The monoisotopic (exact) mass is 1030 g/mol. The van der Waals surface area contributed by atoms with Crippen LogP contribution in [0.4, 0.5) is 0 Å². The lowest BCUT2D eigenvalue weighted by Gasteiger charge is -2.22. The minimum Gasteiger partial charge on any atom is -0.466 e. The van der Waals surface area contributed by atoms with E-state index in [0.717, 1.165) is 38.5 Å². The summed E-state index contributed by atoms with van der Waals surface area (Å²) in [7, 11) is 0. The first-order chi connectivity index (χ1) is 36.0. The highest BCUT2D eigenvalue weighted by atomic mass is 16.5. The smallest absolute Gasteiger partial charge is 0.305 e. The molecule has 1 amide bonds. The second-order valence-electron chi connectivity index (χ2n) is 23.2. The van der Waals surface area contributed by atoms with E-state index in [1.807, 2.05) is 0 Å². The Morgan fingerprint density at radius 2 is 0.644 bits per heavy atom. The normalized spacial score (nSPS) is 12.5. The number of amides is 1. The van der Waals surface area contributed by atoms with Crippen molar-refractivity contribution in [2.45, 2.75) is 392 Å². The fraction of sp³-hybridized carbons (Fsp3) is 0.940. The average Bonchev–Trinajstić information content (AvgIpc) is 3.39. The molecular formula is C67H131NO5. The van der Waals surface area contributed by atoms with E-state index in [2.05, 4.69) is 31.3 Å². The molecule has 6 nitrogen and oxygen atoms in total. The van der Waals surface area contributed by atoms with Crippen molar-refractivity contribution in [1.29, 1.82) is 0 Å². The van der Waals surface area contributed by atoms with E-state index in [1.54, 1.807) is 0 Å². The van der Waals surface area contributed by atoms with Crippen LogP contribution < -0.4 is 5.32 Å². The lowest BCUT2D eigenvalue weighted by Crippen LogP contribution is -2.45. The van der Waals surface area contributed by atoms with Gasteiger partial charge in [-0.15, -0.1) is 0 Å². The summed E-state index contributed by atoms with van der Waals surface area (Å²) >= 11 is 0. The van der Waals surface area contributed by atoms with Crippen LogP contribution in [0.3, 0.4) is 0 Å². The van der Waals surface area contributed by atoms with Gasteiger partial charge in [-0.1, -0.05) is 328 Å². The van der Waals surface area contributed by atoms with Crippen molar-refractivity contribution in [3.63, 3.8) is 0 Å². The van der Waals surface area contributed by atoms with Crippen LogP contribution in [0.2, 0.25) is 0 Å². The molecule has 0 saturated heterocycles. The largest absolute Gasteiger partial charge is 0.466 e. The quantitative estimate of drug-likeness (QED) is 0.0320. The van der Waals surface area contributed by atoms with E-state index < -0.39 is 12.1 Å². The molecule has 0 saturated carbocycles. The topological polar surface area (TPSA) is 95.9 Å². The molecule has 434 valence electrons. The summed E-state index contributed by atoms with van der Waals surface area (Å²) in [6.07, 6.45) is 76.9. The first-order valence-electron chi connectivity index (χ1n) is 33.4. The van der Waals surface area contributed by atoms with E-state index in [4.69, 9.17) is 4.74 Å². The minimum atomic E-state index is -0.660. The standard InChI is InChI=1S/C67H131NO5/c1-3-5-7-9-11-13-15-40-43-47-51-55-59-65(70)64(63-69)68-66(71)60-56-52-48-44-41-37-35-33-31-29-27-25-23-21-19-17-16-18-20-22-24-26-28-30-32-34-36-38-42-46-50-54-58-62-73-67(72)61-57-53-49-45-39-14-12-10-8-6-4-2/h20,22,64-65,69-70H,3-19,21,23-63H2,1-2H3,(H,68,71)/b22-20-. The summed E-state index contributed by atoms with van der Waals surface area (Å²) in [5.74, 6) is -0.0113. The Morgan fingerprint density at radius 1 is 0.370 bits per heavy atom. The SMILES string of the molecule is CCCCCCCCCCCCCCC(O)C(CO)NC(=O)CCCCCCCCCCCCCCCCCCC/C=C\CCCCCCCCCCCCCCOC(=O)CCCCCCCCCCCCC. The molecule has 0 rings (SSSR count). The Balaban J connectivity index is 3.32. The molecule has 0 radical (unpaired) electrons. The highest BCUT2D eigenvalue weighted by molar-refractivity contribution is 5.76. The van der Waals surface area contributed by atoms with Crippen LogP contribution >= 0.6 is 0 Å². The van der Waals surface area contributed by atoms with Crippen LogP contribution in [0.25, 0.3) is 0 Å². The zero-order valence-corrected chi connectivity index (χ0v) is 49.6. The zero-order valence-electron chi connectivity index (χ0n) is 49.6. The third-order valence-corrected chi connectivity index (χ3v) is 15.8. The molecule has 0 fully saturated rings. The fourth-order valence-electron chi connectivity index (χ4n) is 10.7. The van der Waals surface area contributed by atoms with Gasteiger partial charge in [0.25, 0.3) is 0 Å². The minimum absolute atomic E-state index is 0.0189. The number of esters is 1. The highest BCUT2D eigenvalue weighted by Gasteiger charge is 2.20. The van der Waals surface area contributed by atoms with Crippen LogP contribution in [0.15, 0.2) is 12.2 Å². The molecular weight excluding hydrogens is 899 g/mol. The molecule has 73 heavy (non-hydrogen) atoms.